The standard InChI is InChI=1S/C8H14N2O/c1-4-6-7(5-2)10-8(11)9-3/h4-6H,1-3H3,(H2,9,10,11)/b6-4-,7-5+. The molecule has 0 unspecified atom stereocenters. The number of carbonyl (C=O) groups is 1. The SMILES string of the molecule is C/C=C\C(=C/C)NC(=O)NC. The average molecular weight is 154 g/mol. The number of hydrogen-bond acceptors (Lipinski definition) is 1. The van der Waals surface area contributed by atoms with Crippen molar-refractivity contribution in [2.45, 2.75) is 13.8 Å². The lowest BCUT2D eigenvalue weighted by molar-refractivity contribution is 0.245. The molecule has 0 aliphatic carbocycles. The smallest absolute Gasteiger partial charge is 0.318 e. The molecule has 62 valence electrons. The molecule has 0 rings (SSSR count). The fraction of sp³-hybridized carbons (Fsp3) is 0.375. The van der Waals surface area contributed by atoms with Crippen molar-refractivity contribution < 1.29 is 4.79 Å². The van der Waals surface area contributed by atoms with Gasteiger partial charge in [-0.25, -0.2) is 4.79 Å². The molecule has 0 atom stereocenters. The molecule has 0 aliphatic rings. The average Bonchev–Trinajstić information content (AvgIpc) is 2.03. The second kappa shape index (κ2) is 5.53. The second-order valence-electron chi connectivity index (χ2n) is 1.95. The maximum atomic E-state index is 10.8. The minimum absolute atomic E-state index is 0.198. The van der Waals surface area contributed by atoms with Crippen molar-refractivity contribution in [1.29, 1.82) is 0 Å². The maximum Gasteiger partial charge on any atom is 0.318 e. The Kier molecular flexibility index (Phi) is 4.90. The van der Waals surface area contributed by atoms with Crippen LogP contribution in [0.1, 0.15) is 13.8 Å². The van der Waals surface area contributed by atoms with E-state index in [1.807, 2.05) is 32.1 Å². The van der Waals surface area contributed by atoms with Crippen LogP contribution in [0, 0.1) is 0 Å². The van der Waals surface area contributed by atoms with E-state index >= 15 is 0 Å². The number of hydrogen-bond donors (Lipinski definition) is 2. The molecule has 0 radical (unpaired) electrons. The summed E-state index contributed by atoms with van der Waals surface area (Å²) in [6, 6.07) is -0.198. The Balaban J connectivity index is 4.00. The van der Waals surface area contributed by atoms with Crippen LogP contribution in [0.2, 0.25) is 0 Å². The van der Waals surface area contributed by atoms with Crippen LogP contribution in [0.25, 0.3) is 0 Å². The Bertz CT molecular complexity index is 183. The predicted octanol–water partition coefficient (Wildman–Crippen LogP) is 1.40. The van der Waals surface area contributed by atoms with Gasteiger partial charge in [0.1, 0.15) is 0 Å². The highest BCUT2D eigenvalue weighted by Gasteiger charge is 1.95. The van der Waals surface area contributed by atoms with Crippen molar-refractivity contribution in [3.05, 3.63) is 23.9 Å². The molecular formula is C8H14N2O. The first-order valence-electron chi connectivity index (χ1n) is 3.52. The molecule has 3 heteroatoms. The lowest BCUT2D eigenvalue weighted by Crippen LogP contribution is -2.31. The summed E-state index contributed by atoms with van der Waals surface area (Å²) < 4.78 is 0. The number of amides is 2. The molecule has 0 aromatic rings. The van der Waals surface area contributed by atoms with Gasteiger partial charge < -0.3 is 10.6 Å². The summed E-state index contributed by atoms with van der Waals surface area (Å²) in [5.74, 6) is 0. The van der Waals surface area contributed by atoms with Crippen LogP contribution in [-0.4, -0.2) is 13.1 Å². The van der Waals surface area contributed by atoms with E-state index in [0.29, 0.717) is 0 Å². The van der Waals surface area contributed by atoms with Crippen LogP contribution in [-0.2, 0) is 0 Å². The van der Waals surface area contributed by atoms with Crippen molar-refractivity contribution in [3.8, 4) is 0 Å². The first kappa shape index (κ1) is 9.75. The van der Waals surface area contributed by atoms with Crippen LogP contribution in [0.5, 0.6) is 0 Å². The molecule has 0 aromatic carbocycles. The molecular weight excluding hydrogens is 140 g/mol. The van der Waals surface area contributed by atoms with Crippen LogP contribution in [0.4, 0.5) is 4.79 Å². The molecule has 0 saturated heterocycles. The quantitative estimate of drug-likeness (QED) is 0.580. The molecule has 0 spiro atoms. The largest absolute Gasteiger partial charge is 0.341 e. The van der Waals surface area contributed by atoms with Crippen molar-refractivity contribution in [1.82, 2.24) is 10.6 Å². The molecule has 11 heavy (non-hydrogen) atoms. The van der Waals surface area contributed by atoms with Gasteiger partial charge in [0, 0.05) is 12.7 Å². The third-order valence-corrected chi connectivity index (χ3v) is 1.14. The van der Waals surface area contributed by atoms with Crippen LogP contribution >= 0.6 is 0 Å². The summed E-state index contributed by atoms with van der Waals surface area (Å²) in [5.41, 5.74) is 0.798. The van der Waals surface area contributed by atoms with Gasteiger partial charge in [0.2, 0.25) is 0 Å². The molecule has 0 aromatic heterocycles. The lowest BCUT2D eigenvalue weighted by Gasteiger charge is -2.02. The van der Waals surface area contributed by atoms with Crippen molar-refractivity contribution in [2.24, 2.45) is 0 Å². The van der Waals surface area contributed by atoms with E-state index in [2.05, 4.69) is 10.6 Å². The molecule has 2 N–H and O–H groups in total. The maximum absolute atomic E-state index is 10.8. The molecule has 0 bridgehead atoms. The molecule has 0 saturated carbocycles. The van der Waals surface area contributed by atoms with Gasteiger partial charge in [-0.15, -0.1) is 0 Å². The van der Waals surface area contributed by atoms with E-state index in [-0.39, 0.29) is 6.03 Å². The van der Waals surface area contributed by atoms with Crippen LogP contribution < -0.4 is 10.6 Å². The highest BCUT2D eigenvalue weighted by molar-refractivity contribution is 5.75. The van der Waals surface area contributed by atoms with E-state index in [4.69, 9.17) is 0 Å². The molecule has 2 amide bonds. The van der Waals surface area contributed by atoms with Gasteiger partial charge in [0.25, 0.3) is 0 Å². The highest BCUT2D eigenvalue weighted by Crippen LogP contribution is 1.90. The van der Waals surface area contributed by atoms with Crippen LogP contribution in [0.15, 0.2) is 23.9 Å². The number of nitrogens with one attached hydrogen (secondary N) is 2. The van der Waals surface area contributed by atoms with Gasteiger partial charge in [-0.2, -0.15) is 0 Å². The zero-order chi connectivity index (χ0) is 8.69. The first-order valence-corrected chi connectivity index (χ1v) is 3.52. The van der Waals surface area contributed by atoms with E-state index in [1.165, 1.54) is 0 Å². The fourth-order valence-electron chi connectivity index (χ4n) is 0.583. The molecule has 0 aliphatic heterocycles. The summed E-state index contributed by atoms with van der Waals surface area (Å²) in [6.45, 7) is 3.76. The monoisotopic (exact) mass is 154 g/mol. The zero-order valence-electron chi connectivity index (χ0n) is 7.14. The summed E-state index contributed by atoms with van der Waals surface area (Å²) in [6.07, 6.45) is 5.52. The fourth-order valence-corrected chi connectivity index (χ4v) is 0.583. The van der Waals surface area contributed by atoms with E-state index in [0.717, 1.165) is 5.70 Å². The topological polar surface area (TPSA) is 41.1 Å². The molecule has 3 nitrogen and oxygen atoms in total. The Morgan fingerprint density at radius 3 is 2.36 bits per heavy atom. The Morgan fingerprint density at radius 1 is 1.36 bits per heavy atom. The summed E-state index contributed by atoms with van der Waals surface area (Å²) in [7, 11) is 1.58. The number of carbonyl (C=O) groups excluding carboxylic acids is 1. The van der Waals surface area contributed by atoms with Crippen LogP contribution in [0.3, 0.4) is 0 Å². The number of allylic oxidation sites excluding steroid dienone is 3. The van der Waals surface area contributed by atoms with E-state index in [9.17, 15) is 4.79 Å². The second-order valence-corrected chi connectivity index (χ2v) is 1.95. The first-order chi connectivity index (χ1) is 5.24. The van der Waals surface area contributed by atoms with E-state index < -0.39 is 0 Å². The normalized spacial score (nSPS) is 11.7. The molecule has 0 heterocycles. The highest BCUT2D eigenvalue weighted by atomic mass is 16.2. The van der Waals surface area contributed by atoms with Crippen molar-refractivity contribution in [3.63, 3.8) is 0 Å². The summed E-state index contributed by atoms with van der Waals surface area (Å²) in [4.78, 5) is 10.8. The summed E-state index contributed by atoms with van der Waals surface area (Å²) >= 11 is 0. The third kappa shape index (κ3) is 4.19. The predicted molar refractivity (Wildman–Crippen MR) is 46.2 cm³/mol. The Morgan fingerprint density at radius 2 is 2.00 bits per heavy atom. The molecule has 0 fully saturated rings. The van der Waals surface area contributed by atoms with Gasteiger partial charge in [-0.3, -0.25) is 0 Å². The lowest BCUT2D eigenvalue weighted by atomic mass is 10.4. The van der Waals surface area contributed by atoms with Crippen molar-refractivity contribution in [2.75, 3.05) is 7.05 Å². The van der Waals surface area contributed by atoms with Gasteiger partial charge >= 0.3 is 6.03 Å². The van der Waals surface area contributed by atoms with Gasteiger partial charge in [-0.05, 0) is 19.9 Å². The minimum atomic E-state index is -0.198. The van der Waals surface area contributed by atoms with Gasteiger partial charge in [0.15, 0.2) is 0 Å². The van der Waals surface area contributed by atoms with Gasteiger partial charge in [0.05, 0.1) is 0 Å². The number of urea groups is 1. The Labute approximate surface area is 67.2 Å². The van der Waals surface area contributed by atoms with Crippen molar-refractivity contribution >= 4 is 6.03 Å². The Hall–Kier alpha value is -1.25. The third-order valence-electron chi connectivity index (χ3n) is 1.14. The zero-order valence-corrected chi connectivity index (χ0v) is 7.14. The number of rotatable bonds is 2. The minimum Gasteiger partial charge on any atom is -0.341 e. The van der Waals surface area contributed by atoms with Gasteiger partial charge in [-0.1, -0.05) is 12.2 Å². The summed E-state index contributed by atoms with van der Waals surface area (Å²) in [5, 5.41) is 5.10. The van der Waals surface area contributed by atoms with E-state index in [1.54, 1.807) is 7.05 Å².